The molecular weight excluding hydrogens is 278 g/mol. The second-order valence-corrected chi connectivity index (χ2v) is 5.85. The smallest absolute Gasteiger partial charge is 0.314 e. The molecule has 0 spiro atoms. The molecule has 1 heterocycles. The number of aromatic nitrogens is 1. The lowest BCUT2D eigenvalue weighted by molar-refractivity contribution is -0.145. The lowest BCUT2D eigenvalue weighted by Crippen LogP contribution is -2.37. The summed E-state index contributed by atoms with van der Waals surface area (Å²) >= 11 is 0. The van der Waals surface area contributed by atoms with Crippen LogP contribution in [0.1, 0.15) is 26.3 Å². The zero-order chi connectivity index (χ0) is 16.3. The van der Waals surface area contributed by atoms with Crippen molar-refractivity contribution in [3.8, 4) is 16.9 Å². The van der Waals surface area contributed by atoms with E-state index in [9.17, 15) is 9.90 Å². The highest BCUT2D eigenvalue weighted by Crippen LogP contribution is 2.34. The number of rotatable bonds is 5. The second-order valence-electron chi connectivity index (χ2n) is 5.85. The minimum atomic E-state index is -0.898. The van der Waals surface area contributed by atoms with E-state index in [0.29, 0.717) is 5.75 Å². The van der Waals surface area contributed by atoms with Gasteiger partial charge >= 0.3 is 5.97 Å². The van der Waals surface area contributed by atoms with Crippen LogP contribution in [-0.2, 0) is 10.2 Å². The third-order valence-electron chi connectivity index (χ3n) is 4.37. The zero-order valence-corrected chi connectivity index (χ0v) is 13.3. The fraction of sp³-hybridized carbons (Fsp3) is 0.333. The lowest BCUT2D eigenvalue weighted by atomic mass is 9.73. The van der Waals surface area contributed by atoms with Crippen molar-refractivity contribution >= 4 is 5.97 Å². The van der Waals surface area contributed by atoms with Gasteiger partial charge in [-0.2, -0.15) is 0 Å². The molecule has 1 aromatic carbocycles. The lowest BCUT2D eigenvalue weighted by Gasteiger charge is -2.29. The Morgan fingerprint density at radius 1 is 1.18 bits per heavy atom. The minimum Gasteiger partial charge on any atom is -0.495 e. The van der Waals surface area contributed by atoms with Crippen LogP contribution in [0.2, 0.25) is 0 Å². The number of carbonyl (C=O) groups is 1. The van der Waals surface area contributed by atoms with E-state index >= 15 is 0 Å². The largest absolute Gasteiger partial charge is 0.495 e. The molecule has 1 aromatic heterocycles. The predicted molar refractivity (Wildman–Crippen MR) is 86.1 cm³/mol. The molecule has 1 atom stereocenters. The van der Waals surface area contributed by atoms with Crippen LogP contribution in [0.15, 0.2) is 42.7 Å². The van der Waals surface area contributed by atoms with Crippen molar-refractivity contribution in [2.24, 2.45) is 5.92 Å². The van der Waals surface area contributed by atoms with Crippen molar-refractivity contribution in [1.29, 1.82) is 0 Å². The molecule has 0 radical (unpaired) electrons. The first kappa shape index (κ1) is 16.0. The van der Waals surface area contributed by atoms with Gasteiger partial charge in [-0.3, -0.25) is 9.78 Å². The number of pyridine rings is 1. The Hall–Kier alpha value is -2.36. The summed E-state index contributed by atoms with van der Waals surface area (Å²) in [5, 5.41) is 9.58. The van der Waals surface area contributed by atoms with Crippen molar-refractivity contribution in [1.82, 2.24) is 4.98 Å². The van der Waals surface area contributed by atoms with Gasteiger partial charge in [-0.1, -0.05) is 38.1 Å². The van der Waals surface area contributed by atoms with Gasteiger partial charge in [0.15, 0.2) is 0 Å². The van der Waals surface area contributed by atoms with Crippen LogP contribution < -0.4 is 4.74 Å². The Balaban J connectivity index is 2.39. The number of carboxylic acid groups (broad SMARTS) is 1. The Morgan fingerprint density at radius 2 is 1.82 bits per heavy atom. The molecule has 2 aromatic rings. The molecule has 0 amide bonds. The van der Waals surface area contributed by atoms with E-state index in [1.165, 1.54) is 0 Å². The van der Waals surface area contributed by atoms with Crippen molar-refractivity contribution in [3.63, 3.8) is 0 Å². The van der Waals surface area contributed by atoms with Gasteiger partial charge in [-0.15, -0.1) is 0 Å². The van der Waals surface area contributed by atoms with E-state index < -0.39 is 11.4 Å². The Labute approximate surface area is 130 Å². The summed E-state index contributed by atoms with van der Waals surface area (Å²) < 4.78 is 5.18. The zero-order valence-electron chi connectivity index (χ0n) is 13.3. The number of hydrogen-bond acceptors (Lipinski definition) is 3. The molecule has 2 rings (SSSR count). The molecule has 4 nitrogen and oxygen atoms in total. The first-order valence-corrected chi connectivity index (χ1v) is 7.23. The molecule has 0 aliphatic rings. The van der Waals surface area contributed by atoms with Gasteiger partial charge in [0.05, 0.1) is 18.7 Å². The number of benzene rings is 1. The minimum absolute atomic E-state index is 0.00524. The molecule has 1 unspecified atom stereocenters. The molecule has 22 heavy (non-hydrogen) atoms. The van der Waals surface area contributed by atoms with Crippen LogP contribution in [0.25, 0.3) is 11.1 Å². The van der Waals surface area contributed by atoms with Crippen LogP contribution >= 0.6 is 0 Å². The Morgan fingerprint density at radius 3 is 2.32 bits per heavy atom. The molecule has 0 saturated carbocycles. The molecule has 1 N–H and O–H groups in total. The van der Waals surface area contributed by atoms with Gasteiger partial charge in [0.25, 0.3) is 0 Å². The number of ether oxygens (including phenoxy) is 1. The SMILES string of the molecule is COc1cncc(-c2ccc(C(C)(C(=O)O)C(C)C)cc2)c1. The fourth-order valence-electron chi connectivity index (χ4n) is 2.40. The summed E-state index contributed by atoms with van der Waals surface area (Å²) in [6, 6.07) is 9.51. The van der Waals surface area contributed by atoms with E-state index in [2.05, 4.69) is 4.98 Å². The Kier molecular flexibility index (Phi) is 4.50. The first-order chi connectivity index (χ1) is 10.4. The first-order valence-electron chi connectivity index (χ1n) is 7.23. The molecule has 0 saturated heterocycles. The molecule has 0 aliphatic heterocycles. The van der Waals surface area contributed by atoms with Crippen molar-refractivity contribution in [2.75, 3.05) is 7.11 Å². The van der Waals surface area contributed by atoms with Gasteiger partial charge in [0, 0.05) is 11.8 Å². The average molecular weight is 299 g/mol. The monoisotopic (exact) mass is 299 g/mol. The fourth-order valence-corrected chi connectivity index (χ4v) is 2.40. The highest BCUT2D eigenvalue weighted by Gasteiger charge is 2.38. The maximum atomic E-state index is 11.7. The van der Waals surface area contributed by atoms with E-state index in [1.54, 1.807) is 26.4 Å². The topological polar surface area (TPSA) is 59.4 Å². The summed E-state index contributed by atoms with van der Waals surface area (Å²) in [6.45, 7) is 5.62. The van der Waals surface area contributed by atoms with E-state index in [1.807, 2.05) is 44.2 Å². The second kappa shape index (κ2) is 6.18. The quantitative estimate of drug-likeness (QED) is 0.913. The third-order valence-corrected chi connectivity index (χ3v) is 4.37. The van der Waals surface area contributed by atoms with Gasteiger partial charge in [0.2, 0.25) is 0 Å². The molecule has 0 bridgehead atoms. The van der Waals surface area contributed by atoms with Crippen LogP contribution in [0.4, 0.5) is 0 Å². The normalized spacial score (nSPS) is 13.7. The highest BCUT2D eigenvalue weighted by molar-refractivity contribution is 5.81. The summed E-state index contributed by atoms with van der Waals surface area (Å²) in [4.78, 5) is 15.8. The van der Waals surface area contributed by atoms with Crippen LogP contribution in [0.5, 0.6) is 5.75 Å². The average Bonchev–Trinajstić information content (AvgIpc) is 2.53. The predicted octanol–water partition coefficient (Wildman–Crippen LogP) is 3.76. The van der Waals surface area contributed by atoms with Gasteiger partial charge < -0.3 is 9.84 Å². The van der Waals surface area contributed by atoms with Gasteiger partial charge in [0.1, 0.15) is 5.75 Å². The van der Waals surface area contributed by atoms with Crippen LogP contribution in [0, 0.1) is 5.92 Å². The number of hydrogen-bond donors (Lipinski definition) is 1. The maximum Gasteiger partial charge on any atom is 0.314 e. The molecule has 0 fully saturated rings. The van der Waals surface area contributed by atoms with Crippen molar-refractivity contribution < 1.29 is 14.6 Å². The van der Waals surface area contributed by atoms with Gasteiger partial charge in [-0.05, 0) is 30.0 Å². The standard InChI is InChI=1S/C18H21NO3/c1-12(2)18(3,17(20)21)15-7-5-13(6-8-15)14-9-16(22-4)11-19-10-14/h5-12H,1-4H3,(H,20,21). The van der Waals surface area contributed by atoms with Crippen LogP contribution in [-0.4, -0.2) is 23.2 Å². The van der Waals surface area contributed by atoms with Gasteiger partial charge in [-0.25, -0.2) is 0 Å². The Bertz CT molecular complexity index is 664. The van der Waals surface area contributed by atoms with Crippen molar-refractivity contribution in [2.45, 2.75) is 26.2 Å². The summed E-state index contributed by atoms with van der Waals surface area (Å²) in [5.41, 5.74) is 1.82. The third kappa shape index (κ3) is 2.82. The van der Waals surface area contributed by atoms with Crippen LogP contribution in [0.3, 0.4) is 0 Å². The number of methoxy groups -OCH3 is 1. The molecular formula is C18H21NO3. The summed E-state index contributed by atoms with van der Waals surface area (Å²) in [6.07, 6.45) is 3.41. The molecule has 0 aliphatic carbocycles. The maximum absolute atomic E-state index is 11.7. The number of nitrogens with zero attached hydrogens (tertiary/aromatic N) is 1. The molecule has 4 heteroatoms. The highest BCUT2D eigenvalue weighted by atomic mass is 16.5. The summed E-state index contributed by atoms with van der Waals surface area (Å²) in [5.74, 6) is -0.119. The van der Waals surface area contributed by atoms with E-state index in [0.717, 1.165) is 16.7 Å². The molecule has 116 valence electrons. The summed E-state index contributed by atoms with van der Waals surface area (Å²) in [7, 11) is 1.60. The number of aliphatic carboxylic acids is 1. The van der Waals surface area contributed by atoms with E-state index in [-0.39, 0.29) is 5.92 Å². The van der Waals surface area contributed by atoms with E-state index in [4.69, 9.17) is 4.74 Å². The number of carboxylic acids is 1. The van der Waals surface area contributed by atoms with Crippen molar-refractivity contribution in [3.05, 3.63) is 48.3 Å².